The second-order valence-corrected chi connectivity index (χ2v) is 10.3. The van der Waals surface area contributed by atoms with Crippen molar-refractivity contribution in [1.29, 1.82) is 0 Å². The Morgan fingerprint density at radius 1 is 1.06 bits per heavy atom. The Balaban J connectivity index is 1.40. The van der Waals surface area contributed by atoms with Crippen LogP contribution in [0, 0.1) is 6.92 Å². The van der Waals surface area contributed by atoms with E-state index in [1.807, 2.05) is 31.2 Å². The van der Waals surface area contributed by atoms with E-state index in [-0.39, 0.29) is 17.3 Å². The van der Waals surface area contributed by atoms with Gasteiger partial charge in [0.2, 0.25) is 10.0 Å². The van der Waals surface area contributed by atoms with Crippen LogP contribution < -0.4 is 4.72 Å². The third-order valence-electron chi connectivity index (χ3n) is 5.75. The van der Waals surface area contributed by atoms with Gasteiger partial charge in [-0.15, -0.1) is 0 Å². The van der Waals surface area contributed by atoms with Crippen LogP contribution in [0.2, 0.25) is 5.02 Å². The maximum Gasteiger partial charge on any atom is 0.254 e. The van der Waals surface area contributed by atoms with Gasteiger partial charge in [0.05, 0.1) is 17.7 Å². The normalized spacial score (nSPS) is 15.0. The molecule has 2 heterocycles. The molecule has 3 aromatic rings. The lowest BCUT2D eigenvalue weighted by Crippen LogP contribution is -2.48. The largest absolute Gasteiger partial charge is 0.468 e. The number of halogens is 1. The zero-order valence-corrected chi connectivity index (χ0v) is 19.9. The molecule has 9 heteroatoms. The maximum atomic E-state index is 13.2. The van der Waals surface area contributed by atoms with E-state index in [1.54, 1.807) is 23.1 Å². The number of aryl methyl sites for hydroxylation is 1. The van der Waals surface area contributed by atoms with Crippen LogP contribution in [0.3, 0.4) is 0 Å². The topological polar surface area (TPSA) is 82.9 Å². The minimum atomic E-state index is -3.78. The van der Waals surface area contributed by atoms with E-state index in [2.05, 4.69) is 9.62 Å². The van der Waals surface area contributed by atoms with E-state index in [0.29, 0.717) is 29.4 Å². The number of hydrogen-bond donors (Lipinski definition) is 1. The third kappa shape index (κ3) is 5.83. The van der Waals surface area contributed by atoms with Crippen LogP contribution >= 0.6 is 11.6 Å². The lowest BCUT2D eigenvalue weighted by Gasteiger charge is -2.35. The van der Waals surface area contributed by atoms with Gasteiger partial charge in [0.1, 0.15) is 5.76 Å². The first-order valence-corrected chi connectivity index (χ1v) is 12.6. The highest BCUT2D eigenvalue weighted by atomic mass is 35.5. The zero-order valence-electron chi connectivity index (χ0n) is 18.3. The molecule has 1 N–H and O–H groups in total. The number of carbonyl (C=O) groups is 1. The summed E-state index contributed by atoms with van der Waals surface area (Å²) in [6.07, 6.45) is 1.49. The van der Waals surface area contributed by atoms with Crippen molar-refractivity contribution in [2.24, 2.45) is 0 Å². The summed E-state index contributed by atoms with van der Waals surface area (Å²) in [5, 5.41) is 0.713. The smallest absolute Gasteiger partial charge is 0.254 e. The number of benzene rings is 2. The molecule has 174 valence electrons. The summed E-state index contributed by atoms with van der Waals surface area (Å²) in [6.45, 7) is 5.32. The molecule has 0 unspecified atom stereocenters. The van der Waals surface area contributed by atoms with Gasteiger partial charge in [-0.2, -0.15) is 0 Å². The Bertz CT molecular complexity index is 1200. The van der Waals surface area contributed by atoms with Crippen molar-refractivity contribution in [3.8, 4) is 0 Å². The number of nitrogens with one attached hydrogen (secondary N) is 1. The lowest BCUT2D eigenvalue weighted by molar-refractivity contribution is 0.0627. The zero-order chi connectivity index (χ0) is 23.4. The number of carbonyl (C=O) groups excluding carboxylic acids is 1. The molecule has 33 heavy (non-hydrogen) atoms. The molecule has 7 nitrogen and oxygen atoms in total. The molecule has 1 amide bonds. The van der Waals surface area contributed by atoms with Gasteiger partial charge < -0.3 is 9.32 Å². The Kier molecular flexibility index (Phi) is 7.19. The molecule has 4 rings (SSSR count). The monoisotopic (exact) mass is 487 g/mol. The number of hydrogen-bond acceptors (Lipinski definition) is 5. The van der Waals surface area contributed by atoms with E-state index in [0.717, 1.165) is 25.2 Å². The van der Waals surface area contributed by atoms with E-state index < -0.39 is 10.0 Å². The van der Waals surface area contributed by atoms with Gasteiger partial charge in [0, 0.05) is 43.3 Å². The Hall–Kier alpha value is -2.65. The van der Waals surface area contributed by atoms with Crippen LogP contribution in [0.4, 0.5) is 0 Å². The van der Waals surface area contributed by atoms with E-state index in [4.69, 9.17) is 16.0 Å². The number of sulfonamides is 1. The summed E-state index contributed by atoms with van der Waals surface area (Å²) in [5.74, 6) is 0.361. The fourth-order valence-electron chi connectivity index (χ4n) is 3.79. The van der Waals surface area contributed by atoms with Crippen molar-refractivity contribution < 1.29 is 17.6 Å². The third-order valence-corrected chi connectivity index (χ3v) is 7.40. The van der Waals surface area contributed by atoms with Crippen LogP contribution in [0.15, 0.2) is 70.2 Å². The first-order chi connectivity index (χ1) is 15.8. The van der Waals surface area contributed by atoms with Gasteiger partial charge in [-0.25, -0.2) is 13.1 Å². The highest BCUT2D eigenvalue weighted by molar-refractivity contribution is 7.89. The van der Waals surface area contributed by atoms with Crippen molar-refractivity contribution in [3.05, 3.63) is 88.3 Å². The predicted molar refractivity (Wildman–Crippen MR) is 127 cm³/mol. The van der Waals surface area contributed by atoms with E-state index >= 15 is 0 Å². The molecule has 2 aromatic carbocycles. The van der Waals surface area contributed by atoms with Gasteiger partial charge in [0.25, 0.3) is 5.91 Å². The predicted octanol–water partition coefficient (Wildman–Crippen LogP) is 3.68. The van der Waals surface area contributed by atoms with Crippen LogP contribution in [-0.4, -0.2) is 50.3 Å². The molecule has 0 bridgehead atoms. The average molecular weight is 488 g/mol. The molecular weight excluding hydrogens is 462 g/mol. The lowest BCUT2D eigenvalue weighted by atomic mass is 10.1. The highest BCUT2D eigenvalue weighted by Crippen LogP contribution is 2.20. The van der Waals surface area contributed by atoms with Crippen molar-refractivity contribution >= 4 is 27.5 Å². The molecule has 1 fully saturated rings. The van der Waals surface area contributed by atoms with Crippen LogP contribution in [0.5, 0.6) is 0 Å². The molecule has 1 aliphatic heterocycles. The van der Waals surface area contributed by atoms with Crippen LogP contribution in [0.1, 0.15) is 27.2 Å². The minimum absolute atomic E-state index is 0.0437. The summed E-state index contributed by atoms with van der Waals surface area (Å²) in [6, 6.07) is 15.8. The number of furan rings is 1. The van der Waals surface area contributed by atoms with Crippen LogP contribution in [-0.2, 0) is 23.1 Å². The standard InChI is InChI=1S/C24H26ClN3O4S/c1-18-4-9-22(33(30,31)26-16-21-3-2-14-32-21)15-23(18)24(29)28-12-10-27(11-13-28)17-19-5-7-20(25)8-6-19/h2-9,14-15,26H,10-13,16-17H2,1H3. The fourth-order valence-corrected chi connectivity index (χ4v) is 4.93. The summed E-state index contributed by atoms with van der Waals surface area (Å²) < 4.78 is 33.2. The van der Waals surface area contributed by atoms with Gasteiger partial charge in [-0.05, 0) is 54.4 Å². The molecule has 0 radical (unpaired) electrons. The quantitative estimate of drug-likeness (QED) is 0.549. The van der Waals surface area contributed by atoms with E-state index in [9.17, 15) is 13.2 Å². The Morgan fingerprint density at radius 2 is 1.79 bits per heavy atom. The molecule has 0 aliphatic carbocycles. The second-order valence-electron chi connectivity index (χ2n) is 8.08. The Morgan fingerprint density at radius 3 is 2.45 bits per heavy atom. The number of nitrogens with zero attached hydrogens (tertiary/aromatic N) is 2. The van der Waals surface area contributed by atoms with Gasteiger partial charge >= 0.3 is 0 Å². The number of rotatable bonds is 7. The first kappa shape index (κ1) is 23.5. The minimum Gasteiger partial charge on any atom is -0.468 e. The summed E-state index contributed by atoms with van der Waals surface area (Å²) in [4.78, 5) is 17.3. The van der Waals surface area contributed by atoms with Crippen molar-refractivity contribution in [2.45, 2.75) is 24.9 Å². The molecule has 1 aliphatic rings. The van der Waals surface area contributed by atoms with Crippen molar-refractivity contribution in [1.82, 2.24) is 14.5 Å². The number of piperazine rings is 1. The second kappa shape index (κ2) is 10.1. The average Bonchev–Trinajstić information content (AvgIpc) is 3.33. The molecule has 0 saturated carbocycles. The highest BCUT2D eigenvalue weighted by Gasteiger charge is 2.25. The van der Waals surface area contributed by atoms with Crippen LogP contribution in [0.25, 0.3) is 0 Å². The summed E-state index contributed by atoms with van der Waals surface area (Å²) in [5.41, 5.74) is 2.32. The van der Waals surface area contributed by atoms with Gasteiger partial charge in [-0.3, -0.25) is 9.69 Å². The summed E-state index contributed by atoms with van der Waals surface area (Å²) >= 11 is 5.96. The van der Waals surface area contributed by atoms with E-state index in [1.165, 1.54) is 24.0 Å². The van der Waals surface area contributed by atoms with Crippen molar-refractivity contribution in [2.75, 3.05) is 26.2 Å². The molecule has 1 saturated heterocycles. The van der Waals surface area contributed by atoms with Gasteiger partial charge in [-0.1, -0.05) is 29.8 Å². The van der Waals surface area contributed by atoms with Gasteiger partial charge in [0.15, 0.2) is 0 Å². The SMILES string of the molecule is Cc1ccc(S(=O)(=O)NCc2ccco2)cc1C(=O)N1CCN(Cc2ccc(Cl)cc2)CC1. The molecule has 0 spiro atoms. The molecular formula is C24H26ClN3O4S. The fraction of sp³-hybridized carbons (Fsp3) is 0.292. The van der Waals surface area contributed by atoms with Crippen molar-refractivity contribution in [3.63, 3.8) is 0 Å². The molecule has 1 aromatic heterocycles. The Labute approximate surface area is 199 Å². The first-order valence-electron chi connectivity index (χ1n) is 10.7. The number of amides is 1. The summed E-state index contributed by atoms with van der Waals surface area (Å²) in [7, 11) is -3.78. The molecule has 0 atom stereocenters. The maximum absolute atomic E-state index is 13.2.